The summed E-state index contributed by atoms with van der Waals surface area (Å²) in [6, 6.07) is 9.12. The standard InChI is InChI=1S/C16H22S.C2H6/c1-4-12(2)9-13(3)10-14-5-6-15-7-8-17-16(15)11-14;1-2/h5-8,11-13H,4,9-10H2,1-3H3;1-2H3. The molecule has 19 heavy (non-hydrogen) atoms. The van der Waals surface area contributed by atoms with Gasteiger partial charge < -0.3 is 0 Å². The van der Waals surface area contributed by atoms with Crippen molar-refractivity contribution >= 4 is 21.4 Å². The van der Waals surface area contributed by atoms with E-state index in [1.165, 1.54) is 34.9 Å². The van der Waals surface area contributed by atoms with Gasteiger partial charge in [-0.3, -0.25) is 0 Å². The molecule has 0 nitrogen and oxygen atoms in total. The lowest BCUT2D eigenvalue weighted by Crippen LogP contribution is -2.05. The fourth-order valence-electron chi connectivity index (χ4n) is 2.47. The zero-order chi connectivity index (χ0) is 14.3. The SMILES string of the molecule is CC.CCC(C)CC(C)Cc1ccc2ccsc2c1. The van der Waals surface area contributed by atoms with Crippen LogP contribution in [0.2, 0.25) is 0 Å². The molecule has 0 spiro atoms. The third-order valence-electron chi connectivity index (χ3n) is 3.61. The first kappa shape index (κ1) is 16.2. The largest absolute Gasteiger partial charge is 0.144 e. The Morgan fingerprint density at radius 2 is 1.79 bits per heavy atom. The van der Waals surface area contributed by atoms with Crippen LogP contribution >= 0.6 is 11.3 Å². The van der Waals surface area contributed by atoms with Crippen LogP contribution in [-0.4, -0.2) is 0 Å². The quantitative estimate of drug-likeness (QED) is 0.581. The summed E-state index contributed by atoms with van der Waals surface area (Å²) in [5.74, 6) is 1.65. The summed E-state index contributed by atoms with van der Waals surface area (Å²) in [7, 11) is 0. The number of benzene rings is 1. The first-order valence-corrected chi connectivity index (χ1v) is 8.53. The first-order chi connectivity index (χ1) is 9.19. The molecule has 2 unspecified atom stereocenters. The van der Waals surface area contributed by atoms with Crippen molar-refractivity contribution in [3.8, 4) is 0 Å². The summed E-state index contributed by atoms with van der Waals surface area (Å²) in [5.41, 5.74) is 1.50. The third-order valence-corrected chi connectivity index (χ3v) is 4.49. The topological polar surface area (TPSA) is 0 Å². The number of thiophene rings is 1. The molecular formula is C18H28S. The van der Waals surface area contributed by atoms with Crippen molar-refractivity contribution < 1.29 is 0 Å². The summed E-state index contributed by atoms with van der Waals surface area (Å²) >= 11 is 1.85. The van der Waals surface area contributed by atoms with Gasteiger partial charge in [0.05, 0.1) is 0 Å². The molecule has 0 saturated carbocycles. The van der Waals surface area contributed by atoms with Gasteiger partial charge in [-0.25, -0.2) is 0 Å². The van der Waals surface area contributed by atoms with Crippen LogP contribution in [-0.2, 0) is 6.42 Å². The van der Waals surface area contributed by atoms with E-state index in [2.05, 4.69) is 50.4 Å². The average Bonchev–Trinajstić information content (AvgIpc) is 2.88. The van der Waals surface area contributed by atoms with Crippen LogP contribution < -0.4 is 0 Å². The van der Waals surface area contributed by atoms with E-state index in [-0.39, 0.29) is 0 Å². The van der Waals surface area contributed by atoms with Gasteiger partial charge in [0, 0.05) is 4.70 Å². The van der Waals surface area contributed by atoms with E-state index in [4.69, 9.17) is 0 Å². The molecule has 106 valence electrons. The van der Waals surface area contributed by atoms with E-state index >= 15 is 0 Å². The molecule has 0 aliphatic heterocycles. The predicted octanol–water partition coefficient (Wildman–Crippen LogP) is 6.54. The predicted molar refractivity (Wildman–Crippen MR) is 90.1 cm³/mol. The summed E-state index contributed by atoms with van der Waals surface area (Å²) in [6.45, 7) is 11.0. The Labute approximate surface area is 122 Å². The Morgan fingerprint density at radius 1 is 1.05 bits per heavy atom. The van der Waals surface area contributed by atoms with E-state index < -0.39 is 0 Å². The highest BCUT2D eigenvalue weighted by molar-refractivity contribution is 7.17. The van der Waals surface area contributed by atoms with Crippen LogP contribution in [0.1, 0.15) is 53.0 Å². The number of rotatable bonds is 5. The lowest BCUT2D eigenvalue weighted by Gasteiger charge is -2.15. The van der Waals surface area contributed by atoms with Crippen molar-refractivity contribution in [2.24, 2.45) is 11.8 Å². The van der Waals surface area contributed by atoms with E-state index in [0.29, 0.717) is 0 Å². The minimum atomic E-state index is 0.794. The molecule has 0 aliphatic carbocycles. The summed E-state index contributed by atoms with van der Waals surface area (Å²) in [6.07, 6.45) is 3.87. The van der Waals surface area contributed by atoms with Gasteiger partial charge in [-0.15, -0.1) is 11.3 Å². The molecule has 0 amide bonds. The molecule has 1 heterocycles. The minimum absolute atomic E-state index is 0.794. The van der Waals surface area contributed by atoms with E-state index in [1.54, 1.807) is 0 Å². The van der Waals surface area contributed by atoms with Crippen LogP contribution in [0.4, 0.5) is 0 Å². The van der Waals surface area contributed by atoms with Gasteiger partial charge in [-0.2, -0.15) is 0 Å². The molecular weight excluding hydrogens is 248 g/mol. The van der Waals surface area contributed by atoms with Crippen LogP contribution in [0.15, 0.2) is 29.6 Å². The maximum atomic E-state index is 2.38. The molecule has 1 aromatic heterocycles. The van der Waals surface area contributed by atoms with Crippen LogP contribution in [0, 0.1) is 11.8 Å². The second kappa shape index (κ2) is 8.37. The molecule has 0 fully saturated rings. The van der Waals surface area contributed by atoms with Gasteiger partial charge in [-0.1, -0.05) is 53.2 Å². The molecule has 0 bridgehead atoms. The molecule has 2 rings (SSSR count). The Balaban J connectivity index is 0.000000861. The van der Waals surface area contributed by atoms with Gasteiger partial charge in [-0.05, 0) is 53.1 Å². The van der Waals surface area contributed by atoms with Gasteiger partial charge >= 0.3 is 0 Å². The molecule has 0 radical (unpaired) electrons. The smallest absolute Gasteiger partial charge is 0.0345 e. The van der Waals surface area contributed by atoms with E-state index in [0.717, 1.165) is 11.8 Å². The second-order valence-electron chi connectivity index (χ2n) is 5.35. The number of fused-ring (bicyclic) bond motifs is 1. The average molecular weight is 276 g/mol. The van der Waals surface area contributed by atoms with Crippen molar-refractivity contribution in [1.82, 2.24) is 0 Å². The Bertz CT molecular complexity index is 469. The van der Waals surface area contributed by atoms with Crippen LogP contribution in [0.5, 0.6) is 0 Å². The highest BCUT2D eigenvalue weighted by Gasteiger charge is 2.08. The summed E-state index contributed by atoms with van der Waals surface area (Å²) in [4.78, 5) is 0. The summed E-state index contributed by atoms with van der Waals surface area (Å²) in [5, 5.41) is 3.56. The maximum Gasteiger partial charge on any atom is 0.0345 e. The molecule has 1 aromatic carbocycles. The number of hydrogen-bond acceptors (Lipinski definition) is 1. The van der Waals surface area contributed by atoms with Crippen LogP contribution in [0.25, 0.3) is 10.1 Å². The fourth-order valence-corrected chi connectivity index (χ4v) is 3.32. The molecule has 0 saturated heterocycles. The normalized spacial score (nSPS) is 13.7. The molecule has 0 aliphatic rings. The second-order valence-corrected chi connectivity index (χ2v) is 6.30. The molecule has 1 heteroatoms. The minimum Gasteiger partial charge on any atom is -0.144 e. The molecule has 2 aromatic rings. The van der Waals surface area contributed by atoms with E-state index in [9.17, 15) is 0 Å². The van der Waals surface area contributed by atoms with Gasteiger partial charge in [0.2, 0.25) is 0 Å². The lowest BCUT2D eigenvalue weighted by molar-refractivity contribution is 0.404. The maximum absolute atomic E-state index is 2.38. The van der Waals surface area contributed by atoms with Gasteiger partial charge in [0.1, 0.15) is 0 Å². The molecule has 2 atom stereocenters. The van der Waals surface area contributed by atoms with Crippen molar-refractivity contribution in [3.63, 3.8) is 0 Å². The lowest BCUT2D eigenvalue weighted by atomic mass is 9.90. The van der Waals surface area contributed by atoms with Gasteiger partial charge in [0.25, 0.3) is 0 Å². The van der Waals surface area contributed by atoms with Crippen molar-refractivity contribution in [2.45, 2.75) is 53.9 Å². The fraction of sp³-hybridized carbons (Fsp3) is 0.556. The summed E-state index contributed by atoms with van der Waals surface area (Å²) < 4.78 is 1.43. The first-order valence-electron chi connectivity index (χ1n) is 7.65. The van der Waals surface area contributed by atoms with Crippen molar-refractivity contribution in [1.29, 1.82) is 0 Å². The highest BCUT2D eigenvalue weighted by Crippen LogP contribution is 2.25. The van der Waals surface area contributed by atoms with E-state index in [1.807, 2.05) is 25.2 Å². The third kappa shape index (κ3) is 4.99. The Morgan fingerprint density at radius 3 is 2.47 bits per heavy atom. The Kier molecular flexibility index (Phi) is 7.15. The van der Waals surface area contributed by atoms with Gasteiger partial charge in [0.15, 0.2) is 0 Å². The zero-order valence-corrected chi connectivity index (χ0v) is 13.9. The molecule has 0 N–H and O–H groups in total. The van der Waals surface area contributed by atoms with Crippen molar-refractivity contribution in [2.75, 3.05) is 0 Å². The van der Waals surface area contributed by atoms with Crippen LogP contribution in [0.3, 0.4) is 0 Å². The zero-order valence-electron chi connectivity index (χ0n) is 13.1. The number of hydrogen-bond donors (Lipinski definition) is 0. The highest BCUT2D eigenvalue weighted by atomic mass is 32.1. The monoisotopic (exact) mass is 276 g/mol. The van der Waals surface area contributed by atoms with Crippen molar-refractivity contribution in [3.05, 3.63) is 35.2 Å². The Hall–Kier alpha value is -0.820.